The van der Waals surface area contributed by atoms with Crippen molar-refractivity contribution < 1.29 is 14.3 Å². The zero-order valence-corrected chi connectivity index (χ0v) is 13.5. The van der Waals surface area contributed by atoms with Gasteiger partial charge in [-0.3, -0.25) is 9.69 Å². The van der Waals surface area contributed by atoms with Crippen LogP contribution in [-0.2, 0) is 4.79 Å². The molecule has 0 N–H and O–H groups in total. The zero-order valence-electron chi connectivity index (χ0n) is 11.8. The molecule has 6 heteroatoms. The van der Waals surface area contributed by atoms with Crippen LogP contribution in [0.1, 0.15) is 18.1 Å². The third-order valence-electron chi connectivity index (χ3n) is 3.41. The van der Waals surface area contributed by atoms with Crippen LogP contribution < -0.4 is 9.47 Å². The van der Waals surface area contributed by atoms with Crippen LogP contribution in [0.15, 0.2) is 17.0 Å². The van der Waals surface area contributed by atoms with E-state index in [0.29, 0.717) is 29.0 Å². The number of benzene rings is 1. The van der Waals surface area contributed by atoms with Gasteiger partial charge in [0.05, 0.1) is 4.91 Å². The molecule has 0 saturated carbocycles. The summed E-state index contributed by atoms with van der Waals surface area (Å²) in [6.07, 6.45) is 1.88. The van der Waals surface area contributed by atoms with Crippen molar-refractivity contribution in [1.29, 1.82) is 0 Å². The van der Waals surface area contributed by atoms with Crippen molar-refractivity contribution in [2.45, 2.75) is 13.8 Å². The van der Waals surface area contributed by atoms with E-state index in [1.165, 1.54) is 11.8 Å². The van der Waals surface area contributed by atoms with E-state index in [9.17, 15) is 4.79 Å². The first-order valence-electron chi connectivity index (χ1n) is 6.75. The first-order valence-corrected chi connectivity index (χ1v) is 7.98. The van der Waals surface area contributed by atoms with Gasteiger partial charge in [0.1, 0.15) is 17.5 Å². The second-order valence-corrected chi connectivity index (χ2v) is 6.45. The quantitative estimate of drug-likeness (QED) is 0.618. The fourth-order valence-corrected chi connectivity index (χ4v) is 3.65. The Kier molecular flexibility index (Phi) is 3.91. The number of nitrogens with zero attached hydrogens (tertiary/aromatic N) is 1. The zero-order chi connectivity index (χ0) is 15.0. The summed E-state index contributed by atoms with van der Waals surface area (Å²) in [5.41, 5.74) is 2.00. The number of ether oxygens (including phenoxy) is 2. The molecule has 1 aromatic carbocycles. The molecule has 2 heterocycles. The Bertz CT molecular complexity index is 655. The van der Waals surface area contributed by atoms with Gasteiger partial charge in [-0.15, -0.1) is 0 Å². The smallest absolute Gasteiger partial charge is 0.266 e. The lowest BCUT2D eigenvalue weighted by molar-refractivity contribution is -0.121. The van der Waals surface area contributed by atoms with Crippen LogP contribution in [0.2, 0.25) is 0 Å². The first kappa shape index (κ1) is 14.4. The van der Waals surface area contributed by atoms with Gasteiger partial charge in [-0.1, -0.05) is 24.0 Å². The highest BCUT2D eigenvalue weighted by Crippen LogP contribution is 2.37. The van der Waals surface area contributed by atoms with E-state index in [1.54, 1.807) is 4.90 Å². The topological polar surface area (TPSA) is 38.8 Å². The number of carbonyl (C=O) groups excluding carboxylic acids is 1. The predicted octanol–water partition coefficient (Wildman–Crippen LogP) is 2.99. The Hall–Kier alpha value is -1.53. The fraction of sp³-hybridized carbons (Fsp3) is 0.333. The molecule has 2 aliphatic rings. The molecule has 1 saturated heterocycles. The summed E-state index contributed by atoms with van der Waals surface area (Å²) in [5, 5.41) is 0. The highest BCUT2D eigenvalue weighted by molar-refractivity contribution is 8.26. The number of hydrogen-bond acceptors (Lipinski definition) is 5. The molecule has 4 nitrogen and oxygen atoms in total. The molecule has 1 fully saturated rings. The number of hydrogen-bond donors (Lipinski definition) is 0. The summed E-state index contributed by atoms with van der Waals surface area (Å²) >= 11 is 6.57. The molecule has 1 aromatic rings. The summed E-state index contributed by atoms with van der Waals surface area (Å²) < 4.78 is 11.8. The predicted molar refractivity (Wildman–Crippen MR) is 87.7 cm³/mol. The van der Waals surface area contributed by atoms with Crippen LogP contribution in [0.4, 0.5) is 0 Å². The number of thiocarbonyl (C=S) groups is 1. The van der Waals surface area contributed by atoms with E-state index in [-0.39, 0.29) is 5.91 Å². The highest BCUT2D eigenvalue weighted by Gasteiger charge is 2.30. The van der Waals surface area contributed by atoms with Gasteiger partial charge in [-0.05, 0) is 43.2 Å². The van der Waals surface area contributed by atoms with Crippen molar-refractivity contribution >= 4 is 40.3 Å². The molecule has 3 rings (SSSR count). The van der Waals surface area contributed by atoms with Gasteiger partial charge in [-0.2, -0.15) is 0 Å². The number of carbonyl (C=O) groups is 1. The number of likely N-dealkylation sites (N-methyl/N-ethyl adjacent to an activating group) is 1. The average molecular weight is 321 g/mol. The van der Waals surface area contributed by atoms with Gasteiger partial charge in [0.25, 0.3) is 5.91 Å². The van der Waals surface area contributed by atoms with Crippen molar-refractivity contribution in [3.63, 3.8) is 0 Å². The maximum Gasteiger partial charge on any atom is 0.266 e. The van der Waals surface area contributed by atoms with E-state index in [4.69, 9.17) is 21.7 Å². The Labute approximate surface area is 133 Å². The Balaban J connectivity index is 1.96. The summed E-state index contributed by atoms with van der Waals surface area (Å²) in [7, 11) is 0. The van der Waals surface area contributed by atoms with Gasteiger partial charge in [0, 0.05) is 6.54 Å². The number of aryl methyl sites for hydroxylation is 1. The minimum absolute atomic E-state index is 0.0261. The van der Waals surface area contributed by atoms with Crippen LogP contribution in [0, 0.1) is 6.92 Å². The molecule has 0 bridgehead atoms. The molecule has 21 heavy (non-hydrogen) atoms. The molecule has 2 aliphatic heterocycles. The summed E-state index contributed by atoms with van der Waals surface area (Å²) in [5.74, 6) is 1.46. The van der Waals surface area contributed by atoms with Crippen molar-refractivity contribution in [1.82, 2.24) is 4.90 Å². The third kappa shape index (κ3) is 2.65. The Morgan fingerprint density at radius 1 is 1.33 bits per heavy atom. The van der Waals surface area contributed by atoms with Crippen molar-refractivity contribution in [2.24, 2.45) is 0 Å². The van der Waals surface area contributed by atoms with E-state index in [1.807, 2.05) is 32.1 Å². The molecule has 0 aromatic heterocycles. The minimum atomic E-state index is -0.0261. The third-order valence-corrected chi connectivity index (χ3v) is 4.79. The summed E-state index contributed by atoms with van der Waals surface area (Å²) in [4.78, 5) is 14.5. The maximum atomic E-state index is 12.2. The SMILES string of the molecule is CCN1C(=O)/C(=C/c2cc3c(cc2C)OCCO3)SC1=S. The number of thioether (sulfide) groups is 1. The normalized spacial score (nSPS) is 19.5. The second-order valence-electron chi connectivity index (χ2n) is 4.78. The molecular formula is C15H15NO3S2. The number of fused-ring (bicyclic) bond motifs is 1. The lowest BCUT2D eigenvalue weighted by Gasteiger charge is -2.19. The highest BCUT2D eigenvalue weighted by atomic mass is 32.2. The molecule has 0 atom stereocenters. The van der Waals surface area contributed by atoms with E-state index in [0.717, 1.165) is 22.6 Å². The van der Waals surface area contributed by atoms with Crippen LogP contribution in [0.5, 0.6) is 11.5 Å². The van der Waals surface area contributed by atoms with Crippen LogP contribution in [-0.4, -0.2) is 34.9 Å². The fourth-order valence-electron chi connectivity index (χ4n) is 2.28. The molecule has 110 valence electrons. The molecule has 0 spiro atoms. The van der Waals surface area contributed by atoms with Gasteiger partial charge < -0.3 is 9.47 Å². The van der Waals surface area contributed by atoms with E-state index >= 15 is 0 Å². The van der Waals surface area contributed by atoms with E-state index < -0.39 is 0 Å². The number of rotatable bonds is 2. The summed E-state index contributed by atoms with van der Waals surface area (Å²) in [6.45, 7) is 5.63. The van der Waals surface area contributed by atoms with Gasteiger partial charge in [0.15, 0.2) is 11.5 Å². The van der Waals surface area contributed by atoms with Crippen LogP contribution in [0.25, 0.3) is 6.08 Å². The molecule has 0 radical (unpaired) electrons. The molecule has 0 unspecified atom stereocenters. The monoisotopic (exact) mass is 321 g/mol. The second kappa shape index (κ2) is 5.69. The standard InChI is InChI=1S/C15H15NO3S2/c1-3-16-14(17)13(21-15(16)20)8-10-7-12-11(6-9(10)2)18-4-5-19-12/h6-8H,3-5H2,1-2H3/b13-8-. The lowest BCUT2D eigenvalue weighted by atomic mass is 10.1. The maximum absolute atomic E-state index is 12.2. The van der Waals surface area contributed by atoms with Crippen LogP contribution >= 0.6 is 24.0 Å². The Morgan fingerprint density at radius 3 is 2.62 bits per heavy atom. The number of amides is 1. The van der Waals surface area contributed by atoms with Gasteiger partial charge >= 0.3 is 0 Å². The van der Waals surface area contributed by atoms with E-state index in [2.05, 4.69) is 0 Å². The van der Waals surface area contributed by atoms with Crippen molar-refractivity contribution in [3.05, 3.63) is 28.2 Å². The molecule has 1 amide bonds. The van der Waals surface area contributed by atoms with Gasteiger partial charge in [-0.25, -0.2) is 0 Å². The van der Waals surface area contributed by atoms with Crippen LogP contribution in [0.3, 0.4) is 0 Å². The van der Waals surface area contributed by atoms with Crippen molar-refractivity contribution in [3.8, 4) is 11.5 Å². The molecular weight excluding hydrogens is 306 g/mol. The molecule has 0 aliphatic carbocycles. The largest absolute Gasteiger partial charge is 0.486 e. The first-order chi connectivity index (χ1) is 10.1. The van der Waals surface area contributed by atoms with Gasteiger partial charge in [0.2, 0.25) is 0 Å². The lowest BCUT2D eigenvalue weighted by Crippen LogP contribution is -2.27. The van der Waals surface area contributed by atoms with Crippen molar-refractivity contribution in [2.75, 3.05) is 19.8 Å². The minimum Gasteiger partial charge on any atom is -0.486 e. The Morgan fingerprint density at radius 2 is 2.00 bits per heavy atom. The summed E-state index contributed by atoms with van der Waals surface area (Å²) in [6, 6.07) is 3.86. The average Bonchev–Trinajstić information content (AvgIpc) is 2.73.